The Morgan fingerprint density at radius 2 is 1.78 bits per heavy atom. The third-order valence-corrected chi connectivity index (χ3v) is 3.48. The Bertz CT molecular complexity index is 506. The lowest BCUT2D eigenvalue weighted by molar-refractivity contribution is 0.304. The van der Waals surface area contributed by atoms with Gasteiger partial charge in [0.05, 0.1) is 4.47 Å². The maximum Gasteiger partial charge on any atom is 0.134 e. The van der Waals surface area contributed by atoms with Crippen molar-refractivity contribution in [3.63, 3.8) is 0 Å². The second-order valence-electron chi connectivity index (χ2n) is 4.62. The molecule has 2 heteroatoms. The molecule has 0 fully saturated rings. The van der Waals surface area contributed by atoms with Gasteiger partial charge < -0.3 is 4.74 Å². The molecule has 0 heterocycles. The van der Waals surface area contributed by atoms with Crippen LogP contribution in [-0.4, -0.2) is 0 Å². The van der Waals surface area contributed by atoms with Crippen molar-refractivity contribution >= 4 is 15.9 Å². The van der Waals surface area contributed by atoms with Crippen LogP contribution in [0.3, 0.4) is 0 Å². The lowest BCUT2D eigenvalue weighted by atomic mass is 10.0. The van der Waals surface area contributed by atoms with E-state index < -0.39 is 0 Å². The molecule has 2 aromatic carbocycles. The number of ether oxygens (including phenoxy) is 1. The van der Waals surface area contributed by atoms with Crippen LogP contribution in [0, 0.1) is 0 Å². The average molecular weight is 305 g/mol. The van der Waals surface area contributed by atoms with Gasteiger partial charge in [-0.15, -0.1) is 0 Å². The maximum atomic E-state index is 5.81. The summed E-state index contributed by atoms with van der Waals surface area (Å²) in [4.78, 5) is 0. The molecular formula is C16H17BrO. The van der Waals surface area contributed by atoms with E-state index in [9.17, 15) is 0 Å². The normalized spacial score (nSPS) is 10.7. The lowest BCUT2D eigenvalue weighted by Gasteiger charge is -2.11. The fourth-order valence-electron chi connectivity index (χ4n) is 1.73. The predicted molar refractivity (Wildman–Crippen MR) is 79.0 cm³/mol. The second-order valence-corrected chi connectivity index (χ2v) is 5.47. The molecule has 18 heavy (non-hydrogen) atoms. The maximum absolute atomic E-state index is 5.81. The van der Waals surface area contributed by atoms with Gasteiger partial charge in [-0.2, -0.15) is 0 Å². The second kappa shape index (κ2) is 6.05. The highest BCUT2D eigenvalue weighted by Gasteiger charge is 2.05. The topological polar surface area (TPSA) is 9.23 Å². The zero-order valence-electron chi connectivity index (χ0n) is 10.7. The first kappa shape index (κ1) is 13.2. The number of benzene rings is 2. The van der Waals surface area contributed by atoms with Crippen molar-refractivity contribution in [1.82, 2.24) is 0 Å². The highest BCUT2D eigenvalue weighted by atomic mass is 79.9. The van der Waals surface area contributed by atoms with Gasteiger partial charge in [-0.05, 0) is 45.1 Å². The molecule has 0 aliphatic carbocycles. The summed E-state index contributed by atoms with van der Waals surface area (Å²) >= 11 is 3.56. The Labute approximate surface area is 117 Å². The molecule has 0 unspecified atom stereocenters. The Morgan fingerprint density at radius 3 is 2.39 bits per heavy atom. The van der Waals surface area contributed by atoms with Gasteiger partial charge in [0.15, 0.2) is 0 Å². The summed E-state index contributed by atoms with van der Waals surface area (Å²) in [5.74, 6) is 1.42. The standard InChI is InChI=1S/C16H17BrO/c1-12(2)14-8-9-16(15(17)10-14)18-11-13-6-4-3-5-7-13/h3-10,12H,11H2,1-2H3. The molecule has 0 N–H and O–H groups in total. The van der Waals surface area contributed by atoms with Crippen LogP contribution in [0.1, 0.15) is 30.9 Å². The number of hydrogen-bond acceptors (Lipinski definition) is 1. The van der Waals surface area contributed by atoms with E-state index in [1.807, 2.05) is 24.3 Å². The smallest absolute Gasteiger partial charge is 0.134 e. The Balaban J connectivity index is 2.06. The van der Waals surface area contributed by atoms with Crippen molar-refractivity contribution in [1.29, 1.82) is 0 Å². The van der Waals surface area contributed by atoms with Crippen LogP contribution in [0.4, 0.5) is 0 Å². The molecule has 0 aliphatic rings. The first-order valence-corrected chi connectivity index (χ1v) is 6.92. The molecule has 0 spiro atoms. The largest absolute Gasteiger partial charge is 0.488 e. The fourth-order valence-corrected chi connectivity index (χ4v) is 2.24. The fraction of sp³-hybridized carbons (Fsp3) is 0.250. The quantitative estimate of drug-likeness (QED) is 0.759. The van der Waals surface area contributed by atoms with Crippen LogP contribution in [0.2, 0.25) is 0 Å². The van der Waals surface area contributed by atoms with Gasteiger partial charge in [-0.1, -0.05) is 50.2 Å². The minimum atomic E-state index is 0.532. The van der Waals surface area contributed by atoms with Gasteiger partial charge in [0.1, 0.15) is 12.4 Å². The lowest BCUT2D eigenvalue weighted by Crippen LogP contribution is -1.96. The van der Waals surface area contributed by atoms with Crippen molar-refractivity contribution in [2.45, 2.75) is 26.4 Å². The number of hydrogen-bond donors (Lipinski definition) is 0. The molecular weight excluding hydrogens is 288 g/mol. The van der Waals surface area contributed by atoms with Gasteiger partial charge in [0, 0.05) is 0 Å². The van der Waals surface area contributed by atoms with Crippen LogP contribution in [0.15, 0.2) is 53.0 Å². The molecule has 0 saturated carbocycles. The highest BCUT2D eigenvalue weighted by Crippen LogP contribution is 2.29. The molecule has 94 valence electrons. The summed E-state index contributed by atoms with van der Waals surface area (Å²) in [7, 11) is 0. The Kier molecular flexibility index (Phi) is 4.43. The van der Waals surface area contributed by atoms with Crippen LogP contribution >= 0.6 is 15.9 Å². The molecule has 1 nitrogen and oxygen atoms in total. The zero-order valence-corrected chi connectivity index (χ0v) is 12.3. The van der Waals surface area contributed by atoms with E-state index in [2.05, 4.69) is 54.0 Å². The van der Waals surface area contributed by atoms with Crippen molar-refractivity contribution in [2.24, 2.45) is 0 Å². The molecule has 0 bridgehead atoms. The van der Waals surface area contributed by atoms with Crippen LogP contribution in [0.5, 0.6) is 5.75 Å². The van der Waals surface area contributed by atoms with Crippen molar-refractivity contribution in [3.05, 3.63) is 64.1 Å². The van der Waals surface area contributed by atoms with Gasteiger partial charge >= 0.3 is 0 Å². The summed E-state index contributed by atoms with van der Waals surface area (Å²) < 4.78 is 6.83. The molecule has 2 rings (SSSR count). The highest BCUT2D eigenvalue weighted by molar-refractivity contribution is 9.10. The number of rotatable bonds is 4. The van der Waals surface area contributed by atoms with E-state index in [1.54, 1.807) is 0 Å². The monoisotopic (exact) mass is 304 g/mol. The molecule has 0 atom stereocenters. The average Bonchev–Trinajstić information content (AvgIpc) is 2.38. The Hall–Kier alpha value is -1.28. The van der Waals surface area contributed by atoms with Crippen LogP contribution in [0.25, 0.3) is 0 Å². The van der Waals surface area contributed by atoms with Crippen molar-refractivity contribution in [2.75, 3.05) is 0 Å². The SMILES string of the molecule is CC(C)c1ccc(OCc2ccccc2)c(Br)c1. The van der Waals surface area contributed by atoms with Crippen LogP contribution in [-0.2, 0) is 6.61 Å². The van der Waals surface area contributed by atoms with E-state index in [0.29, 0.717) is 12.5 Å². The molecule has 2 aromatic rings. The molecule has 0 aromatic heterocycles. The minimum absolute atomic E-state index is 0.532. The summed E-state index contributed by atoms with van der Waals surface area (Å²) in [6.45, 7) is 4.97. The van der Waals surface area contributed by atoms with E-state index in [4.69, 9.17) is 4.74 Å². The molecule has 0 aliphatic heterocycles. The first-order chi connectivity index (χ1) is 8.66. The van der Waals surface area contributed by atoms with Gasteiger partial charge in [0.2, 0.25) is 0 Å². The van der Waals surface area contributed by atoms with E-state index in [0.717, 1.165) is 10.2 Å². The first-order valence-electron chi connectivity index (χ1n) is 6.13. The summed E-state index contributed by atoms with van der Waals surface area (Å²) in [6, 6.07) is 16.5. The summed E-state index contributed by atoms with van der Waals surface area (Å²) in [6.07, 6.45) is 0. The third-order valence-electron chi connectivity index (χ3n) is 2.86. The van der Waals surface area contributed by atoms with E-state index >= 15 is 0 Å². The van der Waals surface area contributed by atoms with Crippen molar-refractivity contribution < 1.29 is 4.74 Å². The number of halogens is 1. The van der Waals surface area contributed by atoms with Gasteiger partial charge in [-0.25, -0.2) is 0 Å². The van der Waals surface area contributed by atoms with Gasteiger partial charge in [0.25, 0.3) is 0 Å². The van der Waals surface area contributed by atoms with Crippen molar-refractivity contribution in [3.8, 4) is 5.75 Å². The molecule has 0 saturated heterocycles. The summed E-state index contributed by atoms with van der Waals surface area (Å²) in [5, 5.41) is 0. The molecule has 0 amide bonds. The molecule has 0 radical (unpaired) electrons. The van der Waals surface area contributed by atoms with Gasteiger partial charge in [-0.3, -0.25) is 0 Å². The third kappa shape index (κ3) is 3.36. The van der Waals surface area contributed by atoms with E-state index in [1.165, 1.54) is 11.1 Å². The minimum Gasteiger partial charge on any atom is -0.488 e. The predicted octanol–water partition coefficient (Wildman–Crippen LogP) is 5.15. The van der Waals surface area contributed by atoms with E-state index in [-0.39, 0.29) is 0 Å². The Morgan fingerprint density at radius 1 is 1.06 bits per heavy atom. The van der Waals surface area contributed by atoms with Crippen LogP contribution < -0.4 is 4.74 Å². The summed E-state index contributed by atoms with van der Waals surface area (Å²) in [5.41, 5.74) is 2.49. The zero-order chi connectivity index (χ0) is 13.0.